The zero-order valence-electron chi connectivity index (χ0n) is 16.0. The van der Waals surface area contributed by atoms with Gasteiger partial charge in [0.1, 0.15) is 5.82 Å². The van der Waals surface area contributed by atoms with E-state index >= 15 is 0 Å². The summed E-state index contributed by atoms with van der Waals surface area (Å²) < 4.78 is 19.7. The molecule has 4 nitrogen and oxygen atoms in total. The van der Waals surface area contributed by atoms with E-state index < -0.39 is 0 Å². The van der Waals surface area contributed by atoms with Crippen molar-refractivity contribution in [1.29, 1.82) is 0 Å². The molecule has 1 aliphatic rings. The highest BCUT2D eigenvalue weighted by Gasteiger charge is 2.27. The van der Waals surface area contributed by atoms with Gasteiger partial charge in [-0.25, -0.2) is 4.39 Å². The second-order valence-corrected chi connectivity index (χ2v) is 6.99. The topological polar surface area (TPSA) is 45.7 Å². The maximum atomic E-state index is 13.7. The van der Waals surface area contributed by atoms with Crippen LogP contribution in [0.4, 0.5) is 4.39 Å². The van der Waals surface area contributed by atoms with Gasteiger partial charge in [-0.15, -0.1) is 0 Å². The van der Waals surface area contributed by atoms with Crippen LogP contribution in [0.2, 0.25) is 0 Å². The number of nitrogens with zero attached hydrogens (tertiary/aromatic N) is 1. The number of nitrogens with one attached hydrogen (secondary N) is 2. The third-order valence-electron chi connectivity index (χ3n) is 5.02. The van der Waals surface area contributed by atoms with E-state index in [2.05, 4.69) is 39.9 Å². The molecule has 2 unspecified atom stereocenters. The highest BCUT2D eigenvalue weighted by molar-refractivity contribution is 5.79. The lowest BCUT2D eigenvalue weighted by atomic mass is 9.89. The fraction of sp³-hybridized carbons (Fsp3) is 0.409. The molecule has 1 saturated heterocycles. The van der Waals surface area contributed by atoms with Gasteiger partial charge >= 0.3 is 0 Å². The summed E-state index contributed by atoms with van der Waals surface area (Å²) in [6.45, 7) is 3.88. The van der Waals surface area contributed by atoms with Crippen molar-refractivity contribution in [2.24, 2.45) is 10.9 Å². The molecule has 2 aromatic rings. The molecule has 0 aromatic heterocycles. The van der Waals surface area contributed by atoms with Crippen molar-refractivity contribution < 1.29 is 9.13 Å². The fourth-order valence-electron chi connectivity index (χ4n) is 3.44. The van der Waals surface area contributed by atoms with E-state index in [1.165, 1.54) is 5.56 Å². The number of benzene rings is 2. The minimum Gasteiger partial charge on any atom is -0.373 e. The van der Waals surface area contributed by atoms with Crippen molar-refractivity contribution in [3.05, 3.63) is 71.0 Å². The Labute approximate surface area is 160 Å². The Balaban J connectivity index is 1.55. The number of aliphatic imine (C=N–C) groups is 1. The standard InChI is InChI=1S/C22H28FN3O/c1-16-10-11-17(13-20(16)23)14-25-22(24-2)26-15-19-9-6-12-27-21(19)18-7-4-3-5-8-18/h3-5,7-8,10-11,13,19,21H,6,9,12,14-15H2,1-2H3,(H2,24,25,26). The van der Waals surface area contributed by atoms with Crippen LogP contribution in [0.5, 0.6) is 0 Å². The monoisotopic (exact) mass is 369 g/mol. The van der Waals surface area contributed by atoms with Crippen LogP contribution >= 0.6 is 0 Å². The van der Waals surface area contributed by atoms with Crippen molar-refractivity contribution in [2.75, 3.05) is 20.2 Å². The summed E-state index contributed by atoms with van der Waals surface area (Å²) >= 11 is 0. The number of hydrogen-bond donors (Lipinski definition) is 2. The molecule has 0 radical (unpaired) electrons. The van der Waals surface area contributed by atoms with E-state index in [-0.39, 0.29) is 11.9 Å². The van der Waals surface area contributed by atoms with Gasteiger partial charge in [0.15, 0.2) is 5.96 Å². The van der Waals surface area contributed by atoms with Gasteiger partial charge < -0.3 is 15.4 Å². The summed E-state index contributed by atoms with van der Waals surface area (Å²) in [5.41, 5.74) is 2.77. The normalized spacial score (nSPS) is 20.3. The van der Waals surface area contributed by atoms with Crippen molar-refractivity contribution in [3.8, 4) is 0 Å². The minimum absolute atomic E-state index is 0.108. The summed E-state index contributed by atoms with van der Waals surface area (Å²) in [4.78, 5) is 4.29. The van der Waals surface area contributed by atoms with Crippen LogP contribution in [0.3, 0.4) is 0 Å². The van der Waals surface area contributed by atoms with Crippen molar-refractivity contribution >= 4 is 5.96 Å². The molecule has 3 rings (SSSR count). The predicted octanol–water partition coefficient (Wildman–Crippen LogP) is 3.97. The van der Waals surface area contributed by atoms with E-state index in [4.69, 9.17) is 4.74 Å². The van der Waals surface area contributed by atoms with Gasteiger partial charge in [-0.05, 0) is 42.5 Å². The summed E-state index contributed by atoms with van der Waals surface area (Å²) in [6.07, 6.45) is 2.30. The number of aryl methyl sites for hydroxylation is 1. The Kier molecular flexibility index (Phi) is 6.82. The summed E-state index contributed by atoms with van der Waals surface area (Å²) in [5, 5.41) is 6.66. The van der Waals surface area contributed by atoms with Crippen molar-refractivity contribution in [3.63, 3.8) is 0 Å². The molecule has 2 atom stereocenters. The van der Waals surface area contributed by atoms with E-state index in [1.807, 2.05) is 12.1 Å². The largest absolute Gasteiger partial charge is 0.373 e. The van der Waals surface area contributed by atoms with Gasteiger partial charge in [0.05, 0.1) is 6.10 Å². The molecule has 0 spiro atoms. The molecule has 27 heavy (non-hydrogen) atoms. The average molecular weight is 369 g/mol. The Hall–Kier alpha value is -2.40. The van der Waals surface area contributed by atoms with Crippen LogP contribution in [0.1, 0.15) is 35.6 Å². The molecule has 5 heteroatoms. The lowest BCUT2D eigenvalue weighted by molar-refractivity contribution is -0.0265. The number of guanidine groups is 1. The molecule has 0 amide bonds. The zero-order valence-corrected chi connectivity index (χ0v) is 16.0. The van der Waals surface area contributed by atoms with Crippen LogP contribution in [0.15, 0.2) is 53.5 Å². The first kappa shape index (κ1) is 19.4. The SMILES string of the molecule is CN=C(NCc1ccc(C)c(F)c1)NCC1CCCOC1c1ccccc1. The molecule has 0 saturated carbocycles. The second kappa shape index (κ2) is 9.51. The first-order valence-electron chi connectivity index (χ1n) is 9.53. The highest BCUT2D eigenvalue weighted by Crippen LogP contribution is 2.33. The first-order chi connectivity index (χ1) is 13.2. The van der Waals surface area contributed by atoms with Gasteiger partial charge in [0.25, 0.3) is 0 Å². The molecule has 0 aliphatic carbocycles. The van der Waals surface area contributed by atoms with Crippen molar-refractivity contribution in [1.82, 2.24) is 10.6 Å². The molecule has 144 valence electrons. The van der Waals surface area contributed by atoms with Crippen LogP contribution in [-0.4, -0.2) is 26.2 Å². The van der Waals surface area contributed by atoms with Gasteiger partial charge in [-0.2, -0.15) is 0 Å². The summed E-state index contributed by atoms with van der Waals surface area (Å²) in [7, 11) is 1.75. The molecular formula is C22H28FN3O. The Bertz CT molecular complexity index is 763. The molecular weight excluding hydrogens is 341 g/mol. The second-order valence-electron chi connectivity index (χ2n) is 6.99. The Morgan fingerprint density at radius 2 is 2.00 bits per heavy atom. The molecule has 1 aliphatic heterocycles. The summed E-state index contributed by atoms with van der Waals surface area (Å²) in [6, 6.07) is 15.7. The lowest BCUT2D eigenvalue weighted by Crippen LogP contribution is -2.41. The van der Waals surface area contributed by atoms with Gasteiger partial charge in [-0.3, -0.25) is 4.99 Å². The van der Waals surface area contributed by atoms with Gasteiger partial charge in [0, 0.05) is 32.7 Å². The van der Waals surface area contributed by atoms with E-state index in [1.54, 1.807) is 26.1 Å². The molecule has 0 bridgehead atoms. The molecule has 1 fully saturated rings. The quantitative estimate of drug-likeness (QED) is 0.619. The number of hydrogen-bond acceptors (Lipinski definition) is 2. The van der Waals surface area contributed by atoms with Crippen LogP contribution < -0.4 is 10.6 Å². The number of ether oxygens (including phenoxy) is 1. The van der Waals surface area contributed by atoms with E-state index in [0.29, 0.717) is 24.0 Å². The maximum absolute atomic E-state index is 13.7. The smallest absolute Gasteiger partial charge is 0.191 e. The third-order valence-corrected chi connectivity index (χ3v) is 5.02. The molecule has 1 heterocycles. The van der Waals surface area contributed by atoms with Gasteiger partial charge in [0.2, 0.25) is 0 Å². The van der Waals surface area contributed by atoms with E-state index in [0.717, 1.165) is 31.6 Å². The molecule has 2 aromatic carbocycles. The fourth-order valence-corrected chi connectivity index (χ4v) is 3.44. The van der Waals surface area contributed by atoms with Crippen LogP contribution in [-0.2, 0) is 11.3 Å². The van der Waals surface area contributed by atoms with Crippen molar-refractivity contribution in [2.45, 2.75) is 32.4 Å². The predicted molar refractivity (Wildman–Crippen MR) is 107 cm³/mol. The number of rotatable bonds is 5. The van der Waals surface area contributed by atoms with Crippen LogP contribution in [0.25, 0.3) is 0 Å². The van der Waals surface area contributed by atoms with Gasteiger partial charge in [-0.1, -0.05) is 42.5 Å². The molecule has 2 N–H and O–H groups in total. The summed E-state index contributed by atoms with van der Waals surface area (Å²) in [5.74, 6) is 0.923. The average Bonchev–Trinajstić information content (AvgIpc) is 2.71. The third kappa shape index (κ3) is 5.30. The highest BCUT2D eigenvalue weighted by atomic mass is 19.1. The Morgan fingerprint density at radius 3 is 2.74 bits per heavy atom. The van der Waals surface area contributed by atoms with Crippen LogP contribution in [0, 0.1) is 18.7 Å². The maximum Gasteiger partial charge on any atom is 0.191 e. The van der Waals surface area contributed by atoms with E-state index in [9.17, 15) is 4.39 Å². The minimum atomic E-state index is -0.178. The Morgan fingerprint density at radius 1 is 1.19 bits per heavy atom. The lowest BCUT2D eigenvalue weighted by Gasteiger charge is -2.32. The zero-order chi connectivity index (χ0) is 19.1. The number of halogens is 1. The first-order valence-corrected chi connectivity index (χ1v) is 9.53.